The zero-order valence-corrected chi connectivity index (χ0v) is 19.9. The van der Waals surface area contributed by atoms with Gasteiger partial charge in [-0.05, 0) is 55.8 Å². The zero-order valence-electron chi connectivity index (χ0n) is 18.3. The van der Waals surface area contributed by atoms with Gasteiger partial charge in [-0.2, -0.15) is 0 Å². The van der Waals surface area contributed by atoms with E-state index in [1.807, 2.05) is 74.5 Å². The van der Waals surface area contributed by atoms with E-state index < -0.39 is 5.92 Å². The number of fused-ring (bicyclic) bond motifs is 1. The maximum Gasteiger partial charge on any atom is 0.238 e. The van der Waals surface area contributed by atoms with Crippen molar-refractivity contribution < 1.29 is 9.59 Å². The van der Waals surface area contributed by atoms with E-state index in [4.69, 9.17) is 16.6 Å². The SMILES string of the molecule is Cc1ccc(N2CC(C(=O)N(c3ccc(C)c(Cl)c3)c3nc4ccccc4s3)CC2=O)cc1. The molecule has 1 saturated heterocycles. The van der Waals surface area contributed by atoms with E-state index in [0.29, 0.717) is 22.4 Å². The maximum absolute atomic E-state index is 13.9. The molecule has 4 aromatic rings. The summed E-state index contributed by atoms with van der Waals surface area (Å²) in [5.41, 5.74) is 4.34. The molecule has 2 amide bonds. The molecule has 0 spiro atoms. The van der Waals surface area contributed by atoms with Crippen LogP contribution in [0.4, 0.5) is 16.5 Å². The van der Waals surface area contributed by atoms with Crippen LogP contribution in [0.3, 0.4) is 0 Å². The van der Waals surface area contributed by atoms with E-state index in [0.717, 1.165) is 27.0 Å². The summed E-state index contributed by atoms with van der Waals surface area (Å²) in [6.07, 6.45) is 0.160. The topological polar surface area (TPSA) is 53.5 Å². The Morgan fingerprint density at radius 3 is 2.58 bits per heavy atom. The highest BCUT2D eigenvalue weighted by Crippen LogP contribution is 2.37. The van der Waals surface area contributed by atoms with Crippen molar-refractivity contribution in [1.82, 2.24) is 4.98 Å². The van der Waals surface area contributed by atoms with Crippen molar-refractivity contribution in [2.24, 2.45) is 5.92 Å². The van der Waals surface area contributed by atoms with Gasteiger partial charge in [0.1, 0.15) is 0 Å². The molecule has 0 aliphatic carbocycles. The Balaban J connectivity index is 1.52. The van der Waals surface area contributed by atoms with E-state index in [2.05, 4.69) is 0 Å². The van der Waals surface area contributed by atoms with Crippen molar-refractivity contribution in [2.45, 2.75) is 20.3 Å². The molecule has 0 radical (unpaired) electrons. The van der Waals surface area contributed by atoms with Crippen LogP contribution >= 0.6 is 22.9 Å². The number of hydrogen-bond donors (Lipinski definition) is 0. The van der Waals surface area contributed by atoms with Crippen molar-refractivity contribution in [3.63, 3.8) is 0 Å². The van der Waals surface area contributed by atoms with Crippen LogP contribution in [0.15, 0.2) is 66.7 Å². The number of halogens is 1. The van der Waals surface area contributed by atoms with Gasteiger partial charge in [0.2, 0.25) is 11.8 Å². The molecule has 1 fully saturated rings. The van der Waals surface area contributed by atoms with Crippen molar-refractivity contribution in [3.05, 3.63) is 82.9 Å². The van der Waals surface area contributed by atoms with Gasteiger partial charge in [0.05, 0.1) is 21.8 Å². The summed E-state index contributed by atoms with van der Waals surface area (Å²) in [5.74, 6) is -0.689. The minimum atomic E-state index is -0.481. The van der Waals surface area contributed by atoms with E-state index in [1.54, 1.807) is 15.9 Å². The number of thiazole rings is 1. The number of aryl methyl sites for hydroxylation is 2. The van der Waals surface area contributed by atoms with Crippen molar-refractivity contribution in [3.8, 4) is 0 Å². The fourth-order valence-electron chi connectivity index (χ4n) is 4.04. The molecule has 3 aromatic carbocycles. The van der Waals surface area contributed by atoms with Gasteiger partial charge in [0.15, 0.2) is 5.13 Å². The fourth-order valence-corrected chi connectivity index (χ4v) is 5.21. The average Bonchev–Trinajstić information content (AvgIpc) is 3.40. The Kier molecular flexibility index (Phi) is 5.64. The molecule has 1 aliphatic heterocycles. The normalized spacial score (nSPS) is 15.9. The van der Waals surface area contributed by atoms with E-state index in [1.165, 1.54) is 11.3 Å². The summed E-state index contributed by atoms with van der Waals surface area (Å²) in [6, 6.07) is 21.1. The molecule has 0 N–H and O–H groups in total. The Hall–Kier alpha value is -3.22. The first-order valence-electron chi connectivity index (χ1n) is 10.7. The first-order chi connectivity index (χ1) is 15.9. The molecule has 5 rings (SSSR count). The van der Waals surface area contributed by atoms with E-state index >= 15 is 0 Å². The molecular weight excluding hydrogens is 454 g/mol. The van der Waals surface area contributed by atoms with Crippen molar-refractivity contribution in [2.75, 3.05) is 16.3 Å². The second kappa shape index (κ2) is 8.61. The van der Waals surface area contributed by atoms with Crippen LogP contribution in [0.25, 0.3) is 10.2 Å². The molecule has 1 unspecified atom stereocenters. The molecule has 0 bridgehead atoms. The van der Waals surface area contributed by atoms with Crippen LogP contribution in [0.1, 0.15) is 17.5 Å². The number of anilines is 3. The lowest BCUT2D eigenvalue weighted by Gasteiger charge is -2.24. The van der Waals surface area contributed by atoms with Gasteiger partial charge >= 0.3 is 0 Å². The summed E-state index contributed by atoms with van der Waals surface area (Å²) in [7, 11) is 0. The quantitative estimate of drug-likeness (QED) is 0.349. The van der Waals surface area contributed by atoms with Gasteiger partial charge in [-0.1, -0.05) is 58.8 Å². The minimum Gasteiger partial charge on any atom is -0.312 e. The third-order valence-corrected chi connectivity index (χ3v) is 7.36. The largest absolute Gasteiger partial charge is 0.312 e. The monoisotopic (exact) mass is 475 g/mol. The van der Waals surface area contributed by atoms with E-state index in [9.17, 15) is 9.59 Å². The second-order valence-electron chi connectivity index (χ2n) is 8.31. The molecule has 5 nitrogen and oxygen atoms in total. The Labute approximate surface area is 201 Å². The first-order valence-corrected chi connectivity index (χ1v) is 11.9. The van der Waals surface area contributed by atoms with Crippen molar-refractivity contribution >= 4 is 61.5 Å². The van der Waals surface area contributed by atoms with Crippen LogP contribution in [0.2, 0.25) is 5.02 Å². The fraction of sp³-hybridized carbons (Fsp3) is 0.192. The minimum absolute atomic E-state index is 0.0524. The third-order valence-electron chi connectivity index (χ3n) is 5.93. The van der Waals surface area contributed by atoms with Crippen molar-refractivity contribution in [1.29, 1.82) is 0 Å². The predicted molar refractivity (Wildman–Crippen MR) is 135 cm³/mol. The van der Waals surface area contributed by atoms with Gasteiger partial charge < -0.3 is 4.90 Å². The molecule has 7 heteroatoms. The first kappa shape index (κ1) is 21.6. The summed E-state index contributed by atoms with van der Waals surface area (Å²) in [6.45, 7) is 4.26. The lowest BCUT2D eigenvalue weighted by molar-refractivity contribution is -0.123. The van der Waals surface area contributed by atoms with Gasteiger partial charge in [-0.3, -0.25) is 14.5 Å². The Morgan fingerprint density at radius 2 is 1.85 bits per heavy atom. The maximum atomic E-state index is 13.9. The van der Waals surface area contributed by atoms with Gasteiger partial charge in [0.25, 0.3) is 0 Å². The number of amides is 2. The summed E-state index contributed by atoms with van der Waals surface area (Å²) >= 11 is 7.86. The predicted octanol–water partition coefficient (Wildman–Crippen LogP) is 6.28. The van der Waals surface area contributed by atoms with Gasteiger partial charge in [-0.25, -0.2) is 4.98 Å². The number of carbonyl (C=O) groups is 2. The third kappa shape index (κ3) is 4.12. The molecule has 2 heterocycles. The van der Waals surface area contributed by atoms with Crippen LogP contribution in [0, 0.1) is 19.8 Å². The van der Waals surface area contributed by atoms with Gasteiger partial charge in [0, 0.05) is 23.7 Å². The summed E-state index contributed by atoms with van der Waals surface area (Å²) < 4.78 is 0.993. The lowest BCUT2D eigenvalue weighted by atomic mass is 10.1. The number of benzene rings is 3. The molecule has 1 aromatic heterocycles. The zero-order chi connectivity index (χ0) is 23.1. The number of hydrogen-bond acceptors (Lipinski definition) is 4. The highest BCUT2D eigenvalue weighted by molar-refractivity contribution is 7.22. The Bertz CT molecular complexity index is 1330. The van der Waals surface area contributed by atoms with Gasteiger partial charge in [-0.15, -0.1) is 0 Å². The molecule has 166 valence electrons. The smallest absolute Gasteiger partial charge is 0.238 e. The lowest BCUT2D eigenvalue weighted by Crippen LogP contribution is -2.34. The second-order valence-corrected chi connectivity index (χ2v) is 9.73. The number of carbonyl (C=O) groups excluding carboxylic acids is 2. The summed E-state index contributed by atoms with van der Waals surface area (Å²) in [4.78, 5) is 34.7. The highest BCUT2D eigenvalue weighted by Gasteiger charge is 2.39. The van der Waals surface area contributed by atoms with Crippen LogP contribution in [0.5, 0.6) is 0 Å². The number of nitrogens with zero attached hydrogens (tertiary/aromatic N) is 3. The number of rotatable bonds is 4. The van der Waals surface area contributed by atoms with E-state index in [-0.39, 0.29) is 18.2 Å². The van der Waals surface area contributed by atoms with Crippen LogP contribution in [-0.4, -0.2) is 23.3 Å². The Morgan fingerprint density at radius 1 is 1.09 bits per heavy atom. The highest BCUT2D eigenvalue weighted by atomic mass is 35.5. The number of aromatic nitrogens is 1. The van der Waals surface area contributed by atoms with Crippen LogP contribution in [-0.2, 0) is 9.59 Å². The van der Waals surface area contributed by atoms with Crippen LogP contribution < -0.4 is 9.80 Å². The molecule has 1 aliphatic rings. The standard InChI is InChI=1S/C26H22ClN3O2S/c1-16-7-10-19(11-8-16)29-15-18(13-24(29)31)25(32)30(20-12-9-17(2)21(27)14-20)26-28-22-5-3-4-6-23(22)33-26/h3-12,14,18H,13,15H2,1-2H3. The molecular formula is C26H22ClN3O2S. The summed E-state index contributed by atoms with van der Waals surface area (Å²) in [5, 5.41) is 1.15. The number of para-hydroxylation sites is 1. The molecule has 33 heavy (non-hydrogen) atoms. The molecule has 0 saturated carbocycles. The average molecular weight is 476 g/mol. The molecule has 1 atom stereocenters.